The standard InChI is InChI=1S/C17H13ClN4S3/c1-10-8-23-15-14(10)16(22-9-21-15)25-13-5-3-2-4-12(13)19-6-11-7-20-17(18)24-11/h2-5,7-9,19H,6H2,1H3. The van der Waals surface area contributed by atoms with Gasteiger partial charge in [0.1, 0.15) is 16.2 Å². The third-order valence-corrected chi connectivity index (χ3v) is 6.79. The number of rotatable bonds is 5. The van der Waals surface area contributed by atoms with Crippen molar-refractivity contribution < 1.29 is 0 Å². The van der Waals surface area contributed by atoms with Gasteiger partial charge in [0.15, 0.2) is 4.47 Å². The first-order chi connectivity index (χ1) is 12.2. The number of aromatic nitrogens is 3. The highest BCUT2D eigenvalue weighted by atomic mass is 35.5. The maximum absolute atomic E-state index is 5.90. The van der Waals surface area contributed by atoms with Crippen molar-refractivity contribution >= 4 is 61.9 Å². The van der Waals surface area contributed by atoms with Crippen LogP contribution in [0.25, 0.3) is 10.2 Å². The Labute approximate surface area is 162 Å². The van der Waals surface area contributed by atoms with E-state index in [1.165, 1.54) is 16.9 Å². The third-order valence-electron chi connectivity index (χ3n) is 3.59. The van der Waals surface area contributed by atoms with Crippen molar-refractivity contribution in [2.24, 2.45) is 0 Å². The van der Waals surface area contributed by atoms with Crippen LogP contribution in [0.3, 0.4) is 0 Å². The third kappa shape index (κ3) is 3.64. The van der Waals surface area contributed by atoms with Crippen LogP contribution in [0.4, 0.5) is 5.69 Å². The maximum atomic E-state index is 5.90. The molecule has 0 aliphatic rings. The van der Waals surface area contributed by atoms with E-state index in [2.05, 4.69) is 44.7 Å². The largest absolute Gasteiger partial charge is 0.379 e. The van der Waals surface area contributed by atoms with Crippen molar-refractivity contribution in [2.75, 3.05) is 5.32 Å². The quantitative estimate of drug-likeness (QED) is 0.421. The Bertz CT molecular complexity index is 1030. The lowest BCUT2D eigenvalue weighted by Crippen LogP contribution is -1.99. The lowest BCUT2D eigenvalue weighted by atomic mass is 10.3. The second kappa shape index (κ2) is 7.29. The Morgan fingerprint density at radius 1 is 1.20 bits per heavy atom. The average Bonchev–Trinajstić information content (AvgIpc) is 3.21. The summed E-state index contributed by atoms with van der Waals surface area (Å²) in [6, 6.07) is 8.24. The van der Waals surface area contributed by atoms with Gasteiger partial charge in [-0.05, 0) is 30.0 Å². The fourth-order valence-electron chi connectivity index (χ4n) is 2.42. The van der Waals surface area contributed by atoms with Crippen LogP contribution in [0.15, 0.2) is 52.1 Å². The van der Waals surface area contributed by atoms with E-state index in [-0.39, 0.29) is 0 Å². The molecule has 0 radical (unpaired) electrons. The highest BCUT2D eigenvalue weighted by molar-refractivity contribution is 7.99. The first-order valence-corrected chi connectivity index (χ1v) is 10.4. The highest BCUT2D eigenvalue weighted by Gasteiger charge is 2.12. The molecule has 0 unspecified atom stereocenters. The Morgan fingerprint density at radius 2 is 2.08 bits per heavy atom. The van der Waals surface area contributed by atoms with Crippen molar-refractivity contribution in [3.05, 3.63) is 57.1 Å². The van der Waals surface area contributed by atoms with Crippen molar-refractivity contribution in [1.29, 1.82) is 0 Å². The van der Waals surface area contributed by atoms with Gasteiger partial charge in [0.2, 0.25) is 0 Å². The number of aryl methyl sites for hydroxylation is 1. The van der Waals surface area contributed by atoms with Gasteiger partial charge in [0.05, 0.1) is 6.54 Å². The van der Waals surface area contributed by atoms with E-state index in [0.717, 1.165) is 30.7 Å². The van der Waals surface area contributed by atoms with Crippen molar-refractivity contribution in [3.63, 3.8) is 0 Å². The minimum absolute atomic E-state index is 0.566. The molecular weight excluding hydrogens is 392 g/mol. The molecule has 0 bridgehead atoms. The molecular formula is C17H13ClN4S3. The number of benzene rings is 1. The molecule has 25 heavy (non-hydrogen) atoms. The van der Waals surface area contributed by atoms with Gasteiger partial charge in [-0.3, -0.25) is 0 Å². The fourth-order valence-corrected chi connectivity index (χ4v) is 5.35. The number of fused-ring (bicyclic) bond motifs is 1. The number of hydrogen-bond acceptors (Lipinski definition) is 7. The Morgan fingerprint density at radius 3 is 2.92 bits per heavy atom. The van der Waals surface area contributed by atoms with Gasteiger partial charge in [-0.25, -0.2) is 15.0 Å². The number of para-hydroxylation sites is 1. The average molecular weight is 405 g/mol. The molecule has 0 saturated carbocycles. The molecule has 4 nitrogen and oxygen atoms in total. The van der Waals surface area contributed by atoms with Gasteiger partial charge < -0.3 is 5.32 Å². The predicted molar refractivity (Wildman–Crippen MR) is 107 cm³/mol. The Hall–Kier alpha value is -1.67. The zero-order valence-electron chi connectivity index (χ0n) is 13.2. The summed E-state index contributed by atoms with van der Waals surface area (Å²) < 4.78 is 0.566. The number of thiophene rings is 1. The van der Waals surface area contributed by atoms with Crippen LogP contribution in [0, 0.1) is 6.92 Å². The van der Waals surface area contributed by atoms with Crippen LogP contribution < -0.4 is 5.32 Å². The van der Waals surface area contributed by atoms with Crippen LogP contribution in [-0.4, -0.2) is 15.0 Å². The number of nitrogens with zero attached hydrogens (tertiary/aromatic N) is 3. The van der Waals surface area contributed by atoms with Crippen LogP contribution in [0.2, 0.25) is 4.47 Å². The molecule has 3 aromatic heterocycles. The van der Waals surface area contributed by atoms with Gasteiger partial charge in [0, 0.05) is 27.0 Å². The zero-order valence-corrected chi connectivity index (χ0v) is 16.4. The molecule has 0 saturated heterocycles. The number of nitrogens with one attached hydrogen (secondary N) is 1. The summed E-state index contributed by atoms with van der Waals surface area (Å²) in [7, 11) is 0. The topological polar surface area (TPSA) is 50.7 Å². The molecule has 0 spiro atoms. The molecule has 1 aromatic carbocycles. The van der Waals surface area contributed by atoms with E-state index >= 15 is 0 Å². The van der Waals surface area contributed by atoms with Crippen LogP contribution in [-0.2, 0) is 6.54 Å². The molecule has 8 heteroatoms. The van der Waals surface area contributed by atoms with E-state index in [9.17, 15) is 0 Å². The van der Waals surface area contributed by atoms with Gasteiger partial charge in [-0.15, -0.1) is 22.7 Å². The minimum atomic E-state index is 0.566. The molecule has 0 aliphatic carbocycles. The normalized spacial score (nSPS) is 11.1. The predicted octanol–water partition coefficient (Wildman–Crippen LogP) is 5.87. The van der Waals surface area contributed by atoms with E-state index in [0.29, 0.717) is 11.0 Å². The van der Waals surface area contributed by atoms with Crippen molar-refractivity contribution in [2.45, 2.75) is 23.4 Å². The molecule has 126 valence electrons. The van der Waals surface area contributed by atoms with E-state index in [1.807, 2.05) is 12.1 Å². The second-order valence-electron chi connectivity index (χ2n) is 5.31. The first kappa shape index (κ1) is 16.8. The lowest BCUT2D eigenvalue weighted by molar-refractivity contribution is 1.10. The molecule has 3 heterocycles. The molecule has 0 amide bonds. The van der Waals surface area contributed by atoms with Crippen LogP contribution in [0.5, 0.6) is 0 Å². The highest BCUT2D eigenvalue weighted by Crippen LogP contribution is 2.38. The lowest BCUT2D eigenvalue weighted by Gasteiger charge is -2.11. The Balaban J connectivity index is 1.61. The smallest absolute Gasteiger partial charge is 0.183 e. The summed E-state index contributed by atoms with van der Waals surface area (Å²) in [4.78, 5) is 16.2. The molecule has 4 rings (SSSR count). The second-order valence-corrected chi connectivity index (χ2v) is 8.90. The zero-order chi connectivity index (χ0) is 17.2. The van der Waals surface area contributed by atoms with Crippen molar-refractivity contribution in [3.8, 4) is 0 Å². The monoisotopic (exact) mass is 404 g/mol. The fraction of sp³-hybridized carbons (Fsp3) is 0.118. The summed E-state index contributed by atoms with van der Waals surface area (Å²) in [5, 5.41) is 7.72. The van der Waals surface area contributed by atoms with Crippen molar-refractivity contribution in [1.82, 2.24) is 15.0 Å². The van der Waals surface area contributed by atoms with Gasteiger partial charge in [-0.2, -0.15) is 0 Å². The summed E-state index contributed by atoms with van der Waals surface area (Å²) in [6.07, 6.45) is 3.44. The molecule has 0 aliphatic heterocycles. The summed E-state index contributed by atoms with van der Waals surface area (Å²) in [5.74, 6) is 0. The number of anilines is 1. The number of thiazole rings is 1. The molecule has 4 aromatic rings. The van der Waals surface area contributed by atoms with E-state index in [1.54, 1.807) is 35.6 Å². The summed E-state index contributed by atoms with van der Waals surface area (Å²) in [5.41, 5.74) is 2.28. The maximum Gasteiger partial charge on any atom is 0.183 e. The number of halogens is 1. The number of hydrogen-bond donors (Lipinski definition) is 1. The van der Waals surface area contributed by atoms with Gasteiger partial charge >= 0.3 is 0 Å². The van der Waals surface area contributed by atoms with Crippen LogP contribution >= 0.6 is 46.0 Å². The van der Waals surface area contributed by atoms with Gasteiger partial charge in [0.25, 0.3) is 0 Å². The molecule has 0 atom stereocenters. The van der Waals surface area contributed by atoms with E-state index in [4.69, 9.17) is 11.6 Å². The first-order valence-electron chi connectivity index (χ1n) is 7.50. The minimum Gasteiger partial charge on any atom is -0.379 e. The van der Waals surface area contributed by atoms with Gasteiger partial charge in [-0.1, -0.05) is 35.5 Å². The molecule has 0 fully saturated rings. The molecule has 1 N–H and O–H groups in total. The summed E-state index contributed by atoms with van der Waals surface area (Å²) >= 11 is 10.7. The van der Waals surface area contributed by atoms with E-state index < -0.39 is 0 Å². The summed E-state index contributed by atoms with van der Waals surface area (Å²) in [6.45, 7) is 2.79. The Kier molecular flexibility index (Phi) is 4.89. The SMILES string of the molecule is Cc1csc2ncnc(Sc3ccccc3NCc3cnc(Cl)s3)c12. The van der Waals surface area contributed by atoms with Crippen LogP contribution in [0.1, 0.15) is 10.4 Å².